The van der Waals surface area contributed by atoms with Crippen LogP contribution in [-0.2, 0) is 23.4 Å². The molecule has 0 unspecified atom stereocenters. The predicted molar refractivity (Wildman–Crippen MR) is 145 cm³/mol. The first-order valence-corrected chi connectivity index (χ1v) is 14.4. The maximum absolute atomic E-state index is 7.18. The van der Waals surface area contributed by atoms with Crippen molar-refractivity contribution < 1.29 is 23.4 Å². The summed E-state index contributed by atoms with van der Waals surface area (Å²) in [6.45, 7) is 14.9. The molecule has 2 heterocycles. The molecule has 2 aliphatic rings. The van der Waals surface area contributed by atoms with Gasteiger partial charge < -0.3 is 23.4 Å². The van der Waals surface area contributed by atoms with E-state index in [1.54, 1.807) is 6.08 Å². The smallest absolute Gasteiger partial charge is 0.261 e. The van der Waals surface area contributed by atoms with E-state index in [-0.39, 0.29) is 11.6 Å². The zero-order valence-electron chi connectivity index (χ0n) is 22.0. The molecule has 0 amide bonds. The summed E-state index contributed by atoms with van der Waals surface area (Å²) in [6, 6.07) is 21.1. The van der Waals surface area contributed by atoms with E-state index in [9.17, 15) is 0 Å². The first-order chi connectivity index (χ1) is 17.1. The Balaban J connectivity index is 1.76. The van der Waals surface area contributed by atoms with Crippen LogP contribution in [-0.4, -0.2) is 51.4 Å². The lowest BCUT2D eigenvalue weighted by atomic mass is 9.89. The zero-order valence-corrected chi connectivity index (χ0v) is 23.0. The van der Waals surface area contributed by atoms with Crippen molar-refractivity contribution in [3.63, 3.8) is 0 Å². The fourth-order valence-electron chi connectivity index (χ4n) is 5.58. The van der Waals surface area contributed by atoms with Crippen LogP contribution in [0.15, 0.2) is 73.3 Å². The first-order valence-electron chi connectivity index (χ1n) is 12.5. The van der Waals surface area contributed by atoms with Crippen LogP contribution in [0.3, 0.4) is 0 Å². The summed E-state index contributed by atoms with van der Waals surface area (Å²) in [7, 11) is -2.79. The monoisotopic (exact) mass is 506 g/mol. The second-order valence-corrected chi connectivity index (χ2v) is 15.3. The van der Waals surface area contributed by atoms with Crippen molar-refractivity contribution in [3.05, 3.63) is 73.3 Å². The Kier molecular flexibility index (Phi) is 7.64. The van der Waals surface area contributed by atoms with E-state index < -0.39 is 38.2 Å². The summed E-state index contributed by atoms with van der Waals surface area (Å²) in [5.74, 6) is 2.01. The van der Waals surface area contributed by atoms with Crippen molar-refractivity contribution in [1.29, 1.82) is 0 Å². The van der Waals surface area contributed by atoms with Gasteiger partial charge in [0.1, 0.15) is 17.8 Å². The van der Waals surface area contributed by atoms with Crippen molar-refractivity contribution in [2.24, 2.45) is 0 Å². The van der Waals surface area contributed by atoms with Gasteiger partial charge in [-0.15, -0.1) is 18.9 Å². The molecule has 2 aromatic rings. The molecule has 5 nitrogen and oxygen atoms in total. The van der Waals surface area contributed by atoms with Crippen molar-refractivity contribution in [2.45, 2.75) is 76.0 Å². The first kappa shape index (κ1) is 26.8. The highest BCUT2D eigenvalue weighted by Crippen LogP contribution is 2.47. The van der Waals surface area contributed by atoms with Crippen LogP contribution in [0.2, 0.25) is 5.04 Å². The molecule has 6 heteroatoms. The molecule has 2 aliphatic heterocycles. The van der Waals surface area contributed by atoms with E-state index in [4.69, 9.17) is 29.8 Å². The van der Waals surface area contributed by atoms with Gasteiger partial charge in [-0.25, -0.2) is 0 Å². The molecular weight excluding hydrogens is 468 g/mol. The molecule has 0 aliphatic carbocycles. The lowest BCUT2D eigenvalue weighted by molar-refractivity contribution is -0.238. The number of hydrogen-bond acceptors (Lipinski definition) is 5. The number of ether oxygens (including phenoxy) is 4. The predicted octanol–water partition coefficient (Wildman–Crippen LogP) is 4.40. The Morgan fingerprint density at radius 2 is 1.61 bits per heavy atom. The maximum atomic E-state index is 7.18. The van der Waals surface area contributed by atoms with Gasteiger partial charge in [0.15, 0.2) is 12.1 Å². The minimum absolute atomic E-state index is 0.171. The molecule has 0 saturated carbocycles. The van der Waals surface area contributed by atoms with Crippen molar-refractivity contribution in [2.75, 3.05) is 13.2 Å². The zero-order chi connectivity index (χ0) is 26.0. The molecule has 2 aromatic carbocycles. The van der Waals surface area contributed by atoms with Crippen LogP contribution in [0.1, 0.15) is 41.0 Å². The molecule has 192 valence electrons. The Bertz CT molecular complexity index is 1030. The van der Waals surface area contributed by atoms with Gasteiger partial charge in [0.05, 0.1) is 13.2 Å². The second-order valence-electron chi connectivity index (χ2n) is 11.0. The molecule has 0 spiro atoms. The van der Waals surface area contributed by atoms with Gasteiger partial charge in [-0.1, -0.05) is 87.5 Å². The summed E-state index contributed by atoms with van der Waals surface area (Å²) in [4.78, 5) is 0. The third kappa shape index (κ3) is 4.72. The van der Waals surface area contributed by atoms with E-state index in [1.165, 1.54) is 10.4 Å². The Morgan fingerprint density at radius 1 is 1.03 bits per heavy atom. The van der Waals surface area contributed by atoms with Crippen LogP contribution in [0.5, 0.6) is 0 Å². The average molecular weight is 507 g/mol. The number of fused-ring (bicyclic) bond motifs is 1. The summed E-state index contributed by atoms with van der Waals surface area (Å²) in [5, 5.41) is 2.23. The average Bonchev–Trinajstić information content (AvgIpc) is 3.29. The topological polar surface area (TPSA) is 46.2 Å². The lowest BCUT2D eigenvalue weighted by Gasteiger charge is -2.45. The fraction of sp³-hybridized carbons (Fsp3) is 0.467. The highest BCUT2D eigenvalue weighted by atomic mass is 28.4. The van der Waals surface area contributed by atoms with Gasteiger partial charge in [-0.3, -0.25) is 0 Å². The molecule has 2 saturated heterocycles. The third-order valence-electron chi connectivity index (χ3n) is 7.10. The Morgan fingerprint density at radius 3 is 2.11 bits per heavy atom. The molecule has 0 radical (unpaired) electrons. The van der Waals surface area contributed by atoms with Gasteiger partial charge in [0, 0.05) is 6.42 Å². The van der Waals surface area contributed by atoms with Gasteiger partial charge in [-0.2, -0.15) is 0 Å². The fourth-order valence-corrected chi connectivity index (χ4v) is 10.1. The number of benzene rings is 2. The summed E-state index contributed by atoms with van der Waals surface area (Å²) < 4.78 is 32.4. The number of rotatable bonds is 9. The van der Waals surface area contributed by atoms with Crippen molar-refractivity contribution in [3.8, 4) is 12.3 Å². The van der Waals surface area contributed by atoms with Crippen molar-refractivity contribution >= 4 is 18.7 Å². The number of hydrogen-bond donors (Lipinski definition) is 0. The van der Waals surface area contributed by atoms with E-state index >= 15 is 0 Å². The van der Waals surface area contributed by atoms with Crippen LogP contribution in [0, 0.1) is 12.3 Å². The molecule has 0 N–H and O–H groups in total. The van der Waals surface area contributed by atoms with E-state index in [1.807, 2.05) is 26.0 Å². The molecule has 2 fully saturated rings. The summed E-state index contributed by atoms with van der Waals surface area (Å²) in [6.07, 6.45) is 6.34. The summed E-state index contributed by atoms with van der Waals surface area (Å²) >= 11 is 0. The number of terminal acetylenes is 1. The van der Waals surface area contributed by atoms with Gasteiger partial charge >= 0.3 is 0 Å². The normalized spacial score (nSPS) is 27.4. The Hall–Kier alpha value is -2.24. The second kappa shape index (κ2) is 10.3. The molecule has 0 bridgehead atoms. The Labute approximate surface area is 216 Å². The SMILES string of the molecule is C#CC[C@]1(OCC=C)[C@@H]2OC(C)(C)O[C@@H]2O[C@@H]1CO[Si](c1ccccc1)(c1ccccc1)C(C)(C)C. The van der Waals surface area contributed by atoms with Gasteiger partial charge in [-0.05, 0) is 29.3 Å². The van der Waals surface area contributed by atoms with Crippen LogP contribution in [0.25, 0.3) is 0 Å². The van der Waals surface area contributed by atoms with E-state index in [2.05, 4.69) is 81.8 Å². The van der Waals surface area contributed by atoms with Crippen LogP contribution < -0.4 is 10.4 Å². The highest BCUT2D eigenvalue weighted by Gasteiger charge is 2.65. The van der Waals surface area contributed by atoms with Gasteiger partial charge in [0.2, 0.25) is 0 Å². The molecule has 0 aromatic heterocycles. The van der Waals surface area contributed by atoms with Crippen LogP contribution >= 0.6 is 0 Å². The van der Waals surface area contributed by atoms with Crippen LogP contribution in [0.4, 0.5) is 0 Å². The molecule has 4 rings (SSSR count). The maximum Gasteiger partial charge on any atom is 0.261 e. The third-order valence-corrected chi connectivity index (χ3v) is 12.1. The standard InChI is InChI=1S/C30H38O5Si/c1-8-20-30(31-21-9-2)25(33-27-26(30)34-29(6,7)35-27)22-32-36(28(3,4)5,23-16-12-10-13-17-23)24-18-14-11-15-19-24/h1,9-19,25-27H,2,20-22H2,3-7H3/t25-,26-,27+,30-/m1/s1. The summed E-state index contributed by atoms with van der Waals surface area (Å²) in [5.41, 5.74) is -0.924. The molecule has 4 atom stereocenters. The van der Waals surface area contributed by atoms with Gasteiger partial charge in [0.25, 0.3) is 8.32 Å². The lowest BCUT2D eigenvalue weighted by Crippen LogP contribution is -2.67. The van der Waals surface area contributed by atoms with Crippen molar-refractivity contribution in [1.82, 2.24) is 0 Å². The largest absolute Gasteiger partial charge is 0.405 e. The highest BCUT2D eigenvalue weighted by molar-refractivity contribution is 6.99. The van der Waals surface area contributed by atoms with E-state index in [0.717, 1.165) is 0 Å². The molecule has 36 heavy (non-hydrogen) atoms. The van der Waals surface area contributed by atoms with E-state index in [0.29, 0.717) is 13.0 Å². The minimum atomic E-state index is -2.79. The molecular formula is C30H38O5Si. The quantitative estimate of drug-likeness (QED) is 0.287. The minimum Gasteiger partial charge on any atom is -0.405 e.